The maximum Gasteiger partial charge on any atom is 0.257 e. The Morgan fingerprint density at radius 2 is 1.50 bits per heavy atom. The van der Waals surface area contributed by atoms with Gasteiger partial charge in [0.05, 0.1) is 11.5 Å². The van der Waals surface area contributed by atoms with Gasteiger partial charge in [-0.05, 0) is 69.4 Å². The maximum atomic E-state index is 13.3. The number of allylic oxidation sites excluding steroid dienone is 2. The number of aliphatic carboxylic acids is 1. The van der Waals surface area contributed by atoms with Crippen LogP contribution in [0.4, 0.5) is 17.1 Å². The number of carbonyl (C=O) groups is 3. The third-order valence-electron chi connectivity index (χ3n) is 6.59. The second-order valence-electron chi connectivity index (χ2n) is 9.06. The quantitative estimate of drug-likeness (QED) is 0.643. The Labute approximate surface area is 199 Å². The van der Waals surface area contributed by atoms with E-state index >= 15 is 0 Å². The van der Waals surface area contributed by atoms with E-state index in [1.165, 1.54) is 6.42 Å². The van der Waals surface area contributed by atoms with Gasteiger partial charge < -0.3 is 25.4 Å². The molecule has 2 amide bonds. The van der Waals surface area contributed by atoms with Gasteiger partial charge in [-0.15, -0.1) is 0 Å². The number of hydrogen-bond acceptors (Lipinski definition) is 5. The molecule has 0 bridgehead atoms. The van der Waals surface area contributed by atoms with Crippen molar-refractivity contribution >= 4 is 34.8 Å². The molecule has 2 aromatic rings. The van der Waals surface area contributed by atoms with Crippen molar-refractivity contribution in [1.29, 1.82) is 0 Å². The van der Waals surface area contributed by atoms with Crippen molar-refractivity contribution in [1.82, 2.24) is 0 Å². The van der Waals surface area contributed by atoms with E-state index in [0.29, 0.717) is 23.4 Å². The smallest absolute Gasteiger partial charge is 0.257 e. The van der Waals surface area contributed by atoms with Crippen molar-refractivity contribution in [2.45, 2.75) is 39.0 Å². The van der Waals surface area contributed by atoms with Crippen LogP contribution in [-0.2, 0) is 9.59 Å². The second kappa shape index (κ2) is 10.5. The third kappa shape index (κ3) is 5.47. The predicted molar refractivity (Wildman–Crippen MR) is 131 cm³/mol. The topological polar surface area (TPSA) is 102 Å². The molecule has 1 saturated heterocycles. The van der Waals surface area contributed by atoms with E-state index in [-0.39, 0.29) is 18.2 Å². The number of rotatable bonds is 6. The van der Waals surface area contributed by atoms with Crippen LogP contribution in [0.5, 0.6) is 0 Å². The molecule has 2 aromatic carbocycles. The average Bonchev–Trinajstić information content (AvgIpc) is 2.86. The van der Waals surface area contributed by atoms with E-state index in [4.69, 9.17) is 0 Å². The lowest BCUT2D eigenvalue weighted by Crippen LogP contribution is -2.41. The summed E-state index contributed by atoms with van der Waals surface area (Å²) in [5.74, 6) is -3.42. The highest BCUT2D eigenvalue weighted by molar-refractivity contribution is 6.09. The Bertz CT molecular complexity index is 1090. The number of anilines is 3. The van der Waals surface area contributed by atoms with Gasteiger partial charge in [0, 0.05) is 42.0 Å². The Hall–Kier alpha value is -3.61. The summed E-state index contributed by atoms with van der Waals surface area (Å²) in [4.78, 5) is 39.9. The first-order chi connectivity index (χ1) is 16.4. The van der Waals surface area contributed by atoms with E-state index in [1.54, 1.807) is 18.2 Å². The number of carboxylic acid groups (broad SMARTS) is 1. The van der Waals surface area contributed by atoms with Crippen LogP contribution >= 0.6 is 0 Å². The Morgan fingerprint density at radius 1 is 0.853 bits per heavy atom. The lowest BCUT2D eigenvalue weighted by Gasteiger charge is -2.31. The van der Waals surface area contributed by atoms with Gasteiger partial charge in [-0.3, -0.25) is 9.59 Å². The molecule has 34 heavy (non-hydrogen) atoms. The molecule has 7 nitrogen and oxygen atoms in total. The van der Waals surface area contributed by atoms with E-state index < -0.39 is 17.8 Å². The van der Waals surface area contributed by atoms with Crippen LogP contribution in [0.2, 0.25) is 0 Å². The average molecular weight is 461 g/mol. The zero-order chi connectivity index (χ0) is 24.1. The normalized spacial score (nSPS) is 20.0. The number of carboxylic acids is 1. The minimum absolute atomic E-state index is 0.256. The van der Waals surface area contributed by atoms with Gasteiger partial charge in [0.1, 0.15) is 0 Å². The van der Waals surface area contributed by atoms with Gasteiger partial charge in [0.25, 0.3) is 5.91 Å². The fourth-order valence-corrected chi connectivity index (χ4v) is 4.64. The number of nitrogens with zero attached hydrogens (tertiary/aromatic N) is 1. The number of piperidine rings is 1. The van der Waals surface area contributed by atoms with Crippen molar-refractivity contribution in [3.63, 3.8) is 0 Å². The molecule has 1 heterocycles. The third-order valence-corrected chi connectivity index (χ3v) is 6.59. The minimum Gasteiger partial charge on any atom is -0.550 e. The summed E-state index contributed by atoms with van der Waals surface area (Å²) in [5.41, 5.74) is 3.56. The molecule has 2 N–H and O–H groups in total. The summed E-state index contributed by atoms with van der Waals surface area (Å²) < 4.78 is 0. The molecule has 0 unspecified atom stereocenters. The van der Waals surface area contributed by atoms with Crippen molar-refractivity contribution in [2.24, 2.45) is 11.8 Å². The van der Waals surface area contributed by atoms with Gasteiger partial charge in [-0.25, -0.2) is 0 Å². The van der Waals surface area contributed by atoms with Crippen LogP contribution < -0.4 is 20.6 Å². The van der Waals surface area contributed by atoms with Crippen LogP contribution in [0.1, 0.15) is 48.0 Å². The minimum atomic E-state index is -1.22. The summed E-state index contributed by atoms with van der Waals surface area (Å²) in [6.07, 6.45) is 7.52. The van der Waals surface area contributed by atoms with Crippen LogP contribution in [0.3, 0.4) is 0 Å². The molecule has 1 aliphatic heterocycles. The molecular weight excluding hydrogens is 430 g/mol. The zero-order valence-electron chi connectivity index (χ0n) is 19.4. The van der Waals surface area contributed by atoms with E-state index in [9.17, 15) is 19.5 Å². The number of hydrogen-bond donors (Lipinski definition) is 2. The van der Waals surface area contributed by atoms with E-state index in [1.807, 2.05) is 43.3 Å². The lowest BCUT2D eigenvalue weighted by atomic mass is 9.82. The molecule has 2 aliphatic rings. The molecular formula is C27H30N3O4-. The first-order valence-electron chi connectivity index (χ1n) is 11.9. The molecule has 0 spiro atoms. The van der Waals surface area contributed by atoms with Gasteiger partial charge >= 0.3 is 0 Å². The summed E-state index contributed by atoms with van der Waals surface area (Å²) in [6, 6.07) is 12.9. The van der Waals surface area contributed by atoms with Gasteiger partial charge in [-0.1, -0.05) is 29.8 Å². The van der Waals surface area contributed by atoms with Crippen LogP contribution in [0.15, 0.2) is 54.6 Å². The number of aryl methyl sites for hydroxylation is 1. The maximum absolute atomic E-state index is 13.3. The summed E-state index contributed by atoms with van der Waals surface area (Å²) in [7, 11) is 0. The van der Waals surface area contributed by atoms with Crippen molar-refractivity contribution in [3.05, 3.63) is 65.7 Å². The largest absolute Gasteiger partial charge is 0.550 e. The SMILES string of the molecule is Cc1ccc(NC(=O)c2cc(NC(=O)[C@H]3CC=CC[C@@H]3C(=O)[O-])ccc2N2CCCCC2)cc1. The molecule has 1 aliphatic carbocycles. The highest BCUT2D eigenvalue weighted by Gasteiger charge is 2.30. The van der Waals surface area contributed by atoms with Gasteiger partial charge in [-0.2, -0.15) is 0 Å². The molecule has 1 fully saturated rings. The fraction of sp³-hybridized carbons (Fsp3) is 0.370. The molecule has 0 aromatic heterocycles. The fourth-order valence-electron chi connectivity index (χ4n) is 4.64. The molecule has 178 valence electrons. The molecule has 7 heteroatoms. The van der Waals surface area contributed by atoms with Crippen molar-refractivity contribution < 1.29 is 19.5 Å². The van der Waals surface area contributed by atoms with Crippen molar-refractivity contribution in [2.75, 3.05) is 28.6 Å². The Balaban J connectivity index is 1.59. The molecule has 0 radical (unpaired) electrons. The Morgan fingerprint density at radius 3 is 2.18 bits per heavy atom. The van der Waals surface area contributed by atoms with Crippen molar-refractivity contribution in [3.8, 4) is 0 Å². The predicted octanol–water partition coefficient (Wildman–Crippen LogP) is 3.51. The monoisotopic (exact) mass is 460 g/mol. The summed E-state index contributed by atoms with van der Waals surface area (Å²) in [6.45, 7) is 3.73. The summed E-state index contributed by atoms with van der Waals surface area (Å²) >= 11 is 0. The molecule has 2 atom stereocenters. The van der Waals surface area contributed by atoms with Crippen LogP contribution in [0.25, 0.3) is 0 Å². The number of nitrogens with one attached hydrogen (secondary N) is 2. The van der Waals surface area contributed by atoms with E-state index in [2.05, 4.69) is 15.5 Å². The lowest BCUT2D eigenvalue weighted by molar-refractivity contribution is -0.313. The number of carbonyl (C=O) groups excluding carboxylic acids is 3. The second-order valence-corrected chi connectivity index (χ2v) is 9.06. The van der Waals surface area contributed by atoms with Gasteiger partial charge in [0.2, 0.25) is 5.91 Å². The van der Waals surface area contributed by atoms with Crippen LogP contribution in [-0.4, -0.2) is 30.9 Å². The van der Waals surface area contributed by atoms with Gasteiger partial charge in [0.15, 0.2) is 0 Å². The Kier molecular flexibility index (Phi) is 7.30. The first-order valence-corrected chi connectivity index (χ1v) is 11.9. The van der Waals surface area contributed by atoms with E-state index in [0.717, 1.165) is 37.2 Å². The van der Waals surface area contributed by atoms with Crippen LogP contribution in [0, 0.1) is 18.8 Å². The zero-order valence-corrected chi connectivity index (χ0v) is 19.4. The summed E-state index contributed by atoms with van der Waals surface area (Å²) in [5, 5.41) is 17.3. The molecule has 4 rings (SSSR count). The standard InChI is InChI=1S/C27H31N3O4/c1-18-9-11-19(12-10-18)28-26(32)23-17-20(13-14-24(23)30-15-5-2-6-16-30)29-25(31)21-7-3-4-8-22(21)27(33)34/h3-4,9-14,17,21-22H,2,5-8,15-16H2,1H3,(H,28,32)(H,29,31)(H,33,34)/p-1/t21-,22-/m0/s1. The molecule has 0 saturated carbocycles. The first kappa shape index (κ1) is 23.5. The highest BCUT2D eigenvalue weighted by Crippen LogP contribution is 2.30. The number of amides is 2. The number of benzene rings is 2. The highest BCUT2D eigenvalue weighted by atomic mass is 16.4.